The molecule has 29 heteroatoms. The number of amides is 1. The van der Waals surface area contributed by atoms with E-state index in [2.05, 4.69) is 66.8 Å². The summed E-state index contributed by atoms with van der Waals surface area (Å²) in [5, 5.41) is 13.2. The molecular formula is C42H56N7O18P3S. The third kappa shape index (κ3) is 14.5. The van der Waals surface area contributed by atoms with Gasteiger partial charge in [-0.3, -0.25) is 23.7 Å². The topological polar surface area (TPSA) is 363 Å². The molecular weight excluding hydrogens is 1020 g/mol. The third-order valence-corrected chi connectivity index (χ3v) is 16.4. The van der Waals surface area contributed by atoms with E-state index >= 15 is 0 Å². The number of phosphoric acid groups is 3. The molecule has 6 rings (SSSR count). The molecule has 3 aliphatic heterocycles. The maximum atomic E-state index is 12.7. The molecule has 0 aromatic carbocycles. The average molecular weight is 1070 g/mol. The molecule has 25 nitrogen and oxygen atoms in total. The second-order valence-electron chi connectivity index (χ2n) is 17.8. The first-order valence-corrected chi connectivity index (χ1v) is 28.2. The van der Waals surface area contributed by atoms with Crippen LogP contribution in [0.1, 0.15) is 89.1 Å². The second kappa shape index (κ2) is 22.2. The first kappa shape index (κ1) is 55.7. The predicted molar refractivity (Wildman–Crippen MR) is 254 cm³/mol. The summed E-state index contributed by atoms with van der Waals surface area (Å²) >= 11 is 0. The number of carbonyl (C=O) groups excluding carboxylic acids is 1. The molecule has 0 aliphatic carbocycles. The molecule has 0 saturated carbocycles. The van der Waals surface area contributed by atoms with Crippen molar-refractivity contribution in [2.75, 3.05) is 30.3 Å². The largest absolute Gasteiger partial charge is 0.748 e. The number of aryl methyl sites for hydroxylation is 1. The van der Waals surface area contributed by atoms with Gasteiger partial charge in [0.2, 0.25) is 5.91 Å². The van der Waals surface area contributed by atoms with Crippen LogP contribution in [0.3, 0.4) is 0 Å². The molecule has 3 aromatic rings. The lowest BCUT2D eigenvalue weighted by Gasteiger charge is -2.26. The normalized spacial score (nSPS) is 21.9. The molecule has 7 N–H and O–H groups in total. The number of aliphatic imine (C=N–C) groups is 1. The Balaban J connectivity index is 0.973. The molecule has 3 aromatic heterocycles. The molecule has 71 heavy (non-hydrogen) atoms. The van der Waals surface area contributed by atoms with Crippen molar-refractivity contribution in [3.8, 4) is 0 Å². The summed E-state index contributed by atoms with van der Waals surface area (Å²) in [6.07, 6.45) is 11.7. The summed E-state index contributed by atoms with van der Waals surface area (Å²) < 4.78 is 89.0. The number of ether oxygens (including phenoxy) is 1. The minimum atomic E-state index is -5.78. The van der Waals surface area contributed by atoms with Crippen molar-refractivity contribution in [2.24, 2.45) is 4.99 Å². The number of aromatic amines is 1. The molecule has 0 bridgehead atoms. The summed E-state index contributed by atoms with van der Waals surface area (Å²) in [6, 6.07) is 7.90. The lowest BCUT2D eigenvalue weighted by atomic mass is 9.82. The van der Waals surface area contributed by atoms with Crippen molar-refractivity contribution in [2.45, 2.75) is 102 Å². The van der Waals surface area contributed by atoms with Gasteiger partial charge in [-0.25, -0.2) is 36.5 Å². The number of anilines is 1. The molecule has 5 atom stereocenters. The van der Waals surface area contributed by atoms with Gasteiger partial charge in [-0.05, 0) is 74.9 Å². The first-order valence-electron chi connectivity index (χ1n) is 22.1. The zero-order chi connectivity index (χ0) is 52.2. The molecule has 388 valence electrons. The quantitative estimate of drug-likeness (QED) is 0.0310. The van der Waals surface area contributed by atoms with E-state index in [1.165, 1.54) is 12.2 Å². The monoisotopic (exact) mass is 1070 g/mol. The Morgan fingerprint density at radius 1 is 1.01 bits per heavy atom. The summed E-state index contributed by atoms with van der Waals surface area (Å²) in [4.78, 5) is 88.0. The highest BCUT2D eigenvalue weighted by Gasteiger charge is 2.45. The lowest BCUT2D eigenvalue weighted by Crippen LogP contribution is -2.35. The molecule has 1 saturated heterocycles. The predicted octanol–water partition coefficient (Wildman–Crippen LogP) is 3.14. The van der Waals surface area contributed by atoms with Crippen LogP contribution in [0.25, 0.3) is 6.08 Å². The maximum absolute atomic E-state index is 12.7. The fraction of sp³-hybridized carbons (Fsp3) is 0.476. The molecule has 0 radical (unpaired) electrons. The van der Waals surface area contributed by atoms with Crippen LogP contribution in [0.4, 0.5) is 11.6 Å². The van der Waals surface area contributed by atoms with Gasteiger partial charge < -0.3 is 44.2 Å². The van der Waals surface area contributed by atoms with Crippen LogP contribution in [0.2, 0.25) is 0 Å². The summed E-state index contributed by atoms with van der Waals surface area (Å²) in [7, 11) is -21.3. The van der Waals surface area contributed by atoms with Gasteiger partial charge in [0, 0.05) is 60.8 Å². The van der Waals surface area contributed by atoms with Gasteiger partial charge in [0.1, 0.15) is 18.1 Å². The molecule has 6 heterocycles. The van der Waals surface area contributed by atoms with E-state index in [4.69, 9.17) is 19.5 Å². The zero-order valence-corrected chi connectivity index (χ0v) is 42.5. The van der Waals surface area contributed by atoms with Gasteiger partial charge in [0.25, 0.3) is 5.56 Å². The van der Waals surface area contributed by atoms with Gasteiger partial charge >= 0.3 is 35.0 Å². The number of hydrogen-bond donors (Lipinski definition) is 7. The van der Waals surface area contributed by atoms with Crippen molar-refractivity contribution in [3.05, 3.63) is 110 Å². The summed E-state index contributed by atoms with van der Waals surface area (Å²) in [5.41, 5.74) is 1.26. The van der Waals surface area contributed by atoms with Crippen molar-refractivity contribution in [1.29, 1.82) is 0 Å². The van der Waals surface area contributed by atoms with E-state index in [9.17, 15) is 55.9 Å². The molecule has 5 unspecified atom stereocenters. The Morgan fingerprint density at radius 2 is 1.75 bits per heavy atom. The van der Waals surface area contributed by atoms with Crippen molar-refractivity contribution >= 4 is 62.9 Å². The van der Waals surface area contributed by atoms with Crippen molar-refractivity contribution in [1.82, 2.24) is 19.9 Å². The first-order chi connectivity index (χ1) is 33.1. The minimum Gasteiger partial charge on any atom is -0.748 e. The summed E-state index contributed by atoms with van der Waals surface area (Å²) in [6.45, 7) is 8.42. The van der Waals surface area contributed by atoms with Gasteiger partial charge in [-0.2, -0.15) is 8.62 Å². The highest BCUT2D eigenvalue weighted by molar-refractivity contribution is 7.85. The molecule has 1 fully saturated rings. The zero-order valence-electron chi connectivity index (χ0n) is 39.0. The Kier molecular flexibility index (Phi) is 17.4. The highest BCUT2D eigenvalue weighted by atomic mass is 32.2. The Hall–Kier alpha value is -4.62. The van der Waals surface area contributed by atoms with Crippen LogP contribution in [0, 0.1) is 0 Å². The fourth-order valence-corrected chi connectivity index (χ4v) is 11.9. The Bertz CT molecular complexity index is 3000. The van der Waals surface area contributed by atoms with E-state index < -0.39 is 86.5 Å². The number of aliphatic hydroxyl groups is 1. The number of hydrogen-bond acceptors (Lipinski definition) is 17. The van der Waals surface area contributed by atoms with Gasteiger partial charge in [0.15, 0.2) is 5.71 Å². The number of pyridine rings is 2. The maximum Gasteiger partial charge on any atom is 0.490 e. The average Bonchev–Trinajstić information content (AvgIpc) is 3.82. The molecule has 0 spiro atoms. The lowest BCUT2D eigenvalue weighted by molar-refractivity contribution is -0.684. The van der Waals surface area contributed by atoms with Crippen LogP contribution in [0.5, 0.6) is 0 Å². The number of H-pyrrole nitrogens is 1. The van der Waals surface area contributed by atoms with Crippen LogP contribution in [0.15, 0.2) is 87.4 Å². The summed E-state index contributed by atoms with van der Waals surface area (Å²) in [5.74, 6) is 0.870. The van der Waals surface area contributed by atoms with Gasteiger partial charge in [-0.15, -0.1) is 0 Å². The Labute approximate surface area is 407 Å². The number of nitrogens with zero attached hydrogens (tertiary/aromatic N) is 5. The SMILES string of the molecule is CC1(C)C(=CC=CC2=Nc3c(ccc[n+]3CCCCCC(=O)NC/C=C/c3cn(C4CC(O)C(COP(=O)(O)OP(=O)(O)OP(=O)(O)O)O4)c(=O)[nH]c3=O)C2(C)C)N(CCCS(=O)(=O)[O-])c2ncccc21. The number of unbranched alkanes of at least 4 members (excludes halogenated alkanes) is 2. The van der Waals surface area contributed by atoms with E-state index in [1.807, 2.05) is 47.5 Å². The van der Waals surface area contributed by atoms with Gasteiger partial charge in [0.05, 0.1) is 52.1 Å². The molecule has 3 aliphatic rings. The number of nitrogens with one attached hydrogen (secondary N) is 2. The smallest absolute Gasteiger partial charge is 0.490 e. The number of allylic oxidation sites excluding steroid dienone is 4. The second-order valence-corrected chi connectivity index (χ2v) is 23.8. The number of fused-ring (bicyclic) bond motifs is 2. The Morgan fingerprint density at radius 3 is 2.46 bits per heavy atom. The van der Waals surface area contributed by atoms with Crippen molar-refractivity contribution in [3.63, 3.8) is 0 Å². The van der Waals surface area contributed by atoms with Crippen LogP contribution in [-0.4, -0.2) is 101 Å². The fourth-order valence-electron chi connectivity index (χ4n) is 8.35. The standard InChI is InChI=1S/C42H56N7O18P3S/c1-41(2)30-15-11-22-47(38(30)45-33(41)16-8-17-34-42(3,4)29-14-10-20-44-37(29)48(34)23-12-24-71(61,62)63)21-7-5-6-18-35(51)43-19-9-13-28-26-49(40(53)46-39(28)52)36-25-31(50)32(65-36)27-64-69(57,58)67-70(59,60)66-68(54,55)56/h8-11,13-17,20,22,26,31-32,36,50H,5-7,12,18-19,21,23-25,27H2,1-4H3,(H6-,43,46,51,52,53,54,55,56,57,58,59,60,61,62,63)/b13-9+. The van der Waals surface area contributed by atoms with Crippen LogP contribution >= 0.6 is 23.5 Å². The van der Waals surface area contributed by atoms with Crippen LogP contribution < -0.4 is 26.0 Å². The van der Waals surface area contributed by atoms with E-state index in [0.29, 0.717) is 19.5 Å². The van der Waals surface area contributed by atoms with E-state index in [1.54, 1.807) is 6.20 Å². The number of aromatic nitrogens is 4. The van der Waals surface area contributed by atoms with Crippen molar-refractivity contribution < 1.29 is 78.6 Å². The number of rotatable bonds is 23. The number of carbonyl (C=O) groups is 1. The highest BCUT2D eigenvalue weighted by Crippen LogP contribution is 2.66. The third-order valence-electron chi connectivity index (χ3n) is 11.9. The number of aliphatic hydroxyl groups excluding tert-OH is 1. The minimum absolute atomic E-state index is 0.0255. The van der Waals surface area contributed by atoms with E-state index in [0.717, 1.165) is 57.8 Å². The number of phosphoric ester groups is 1. The van der Waals surface area contributed by atoms with E-state index in [-0.39, 0.29) is 37.3 Å². The van der Waals surface area contributed by atoms with Crippen LogP contribution in [-0.2, 0) is 63.9 Å². The molecule has 1 amide bonds. The van der Waals surface area contributed by atoms with Gasteiger partial charge in [-0.1, -0.05) is 38.1 Å².